The monoisotopic (exact) mass is 505 g/mol. The van der Waals surface area contributed by atoms with Crippen LogP contribution < -0.4 is 14.8 Å². The Hall–Kier alpha value is -2.69. The molecule has 0 saturated carbocycles. The second kappa shape index (κ2) is 10.7. The minimum absolute atomic E-state index is 0.207. The van der Waals surface area contributed by atoms with Crippen LogP contribution in [0.25, 0.3) is 10.2 Å². The predicted molar refractivity (Wildman–Crippen MR) is 136 cm³/mol. The maximum atomic E-state index is 13.3. The van der Waals surface area contributed by atoms with Crippen molar-refractivity contribution in [1.82, 2.24) is 9.29 Å². The summed E-state index contributed by atoms with van der Waals surface area (Å²) >= 11 is 1.23. The molecule has 1 heterocycles. The standard InChI is InChI=1S/C24H31N3O5S2/c1-15(2)13-27(14-16(3)4)34(29,30)18-8-9-19-22(12-18)33-24(25-19)26-23(28)17-7-10-20(31-5)21(11-17)32-6/h7-12,15-16H,13-14H2,1-6H3,(H,25,26,28). The molecule has 3 rings (SSSR count). The highest BCUT2D eigenvalue weighted by atomic mass is 32.2. The number of hydrogen-bond acceptors (Lipinski definition) is 7. The van der Waals surface area contributed by atoms with Gasteiger partial charge in [0.15, 0.2) is 16.6 Å². The molecule has 0 aliphatic rings. The number of nitrogens with one attached hydrogen (secondary N) is 1. The molecule has 8 nitrogen and oxygen atoms in total. The van der Waals surface area contributed by atoms with Crippen molar-refractivity contribution in [2.45, 2.75) is 32.6 Å². The zero-order chi connectivity index (χ0) is 25.0. The number of anilines is 1. The lowest BCUT2D eigenvalue weighted by molar-refractivity contribution is 0.102. The molecule has 0 aliphatic heterocycles. The third-order valence-corrected chi connectivity index (χ3v) is 7.76. The Morgan fingerprint density at radius 2 is 1.65 bits per heavy atom. The van der Waals surface area contributed by atoms with Gasteiger partial charge in [-0.3, -0.25) is 10.1 Å². The molecule has 10 heteroatoms. The lowest BCUT2D eigenvalue weighted by atomic mass is 10.2. The summed E-state index contributed by atoms with van der Waals surface area (Å²) in [7, 11) is -0.627. The van der Waals surface area contributed by atoms with Gasteiger partial charge in [-0.2, -0.15) is 4.31 Å². The minimum atomic E-state index is -3.65. The van der Waals surface area contributed by atoms with Crippen molar-refractivity contribution in [3.05, 3.63) is 42.0 Å². The van der Waals surface area contributed by atoms with Gasteiger partial charge in [-0.1, -0.05) is 39.0 Å². The number of fused-ring (bicyclic) bond motifs is 1. The molecule has 0 atom stereocenters. The van der Waals surface area contributed by atoms with E-state index in [0.717, 1.165) is 0 Å². The second-order valence-corrected chi connectivity index (χ2v) is 11.8. The van der Waals surface area contributed by atoms with Crippen molar-refractivity contribution < 1.29 is 22.7 Å². The number of nitrogens with zero attached hydrogens (tertiary/aromatic N) is 2. The Balaban J connectivity index is 1.86. The molecule has 1 amide bonds. The first-order valence-corrected chi connectivity index (χ1v) is 13.2. The van der Waals surface area contributed by atoms with Gasteiger partial charge < -0.3 is 9.47 Å². The van der Waals surface area contributed by atoms with Gasteiger partial charge in [-0.25, -0.2) is 13.4 Å². The molecule has 2 aromatic carbocycles. The summed E-state index contributed by atoms with van der Waals surface area (Å²) < 4.78 is 39.4. The summed E-state index contributed by atoms with van der Waals surface area (Å²) in [5.41, 5.74) is 1.00. The van der Waals surface area contributed by atoms with E-state index in [0.29, 0.717) is 45.5 Å². The molecule has 3 aromatic rings. The highest BCUT2D eigenvalue weighted by Crippen LogP contribution is 2.31. The average Bonchev–Trinajstić information content (AvgIpc) is 3.18. The molecule has 1 aromatic heterocycles. The first kappa shape index (κ1) is 25.9. The number of hydrogen-bond donors (Lipinski definition) is 1. The maximum Gasteiger partial charge on any atom is 0.257 e. The topological polar surface area (TPSA) is 97.8 Å². The van der Waals surface area contributed by atoms with E-state index in [1.54, 1.807) is 40.7 Å². The number of benzene rings is 2. The van der Waals surface area contributed by atoms with Crippen LogP contribution in [0.15, 0.2) is 41.3 Å². The van der Waals surface area contributed by atoms with Crippen LogP contribution in [0, 0.1) is 11.8 Å². The SMILES string of the molecule is COc1ccc(C(=O)Nc2nc3ccc(S(=O)(=O)N(CC(C)C)CC(C)C)cc3s2)cc1OC. The zero-order valence-corrected chi connectivity index (χ0v) is 21.9. The highest BCUT2D eigenvalue weighted by molar-refractivity contribution is 7.89. The number of carbonyl (C=O) groups excluding carboxylic acids is 1. The average molecular weight is 506 g/mol. The van der Waals surface area contributed by atoms with Crippen molar-refractivity contribution in [1.29, 1.82) is 0 Å². The largest absolute Gasteiger partial charge is 0.493 e. The summed E-state index contributed by atoms with van der Waals surface area (Å²) in [6.07, 6.45) is 0. The van der Waals surface area contributed by atoms with Gasteiger partial charge in [0.1, 0.15) is 0 Å². The molecule has 1 N–H and O–H groups in total. The molecule has 34 heavy (non-hydrogen) atoms. The Kier molecular flexibility index (Phi) is 8.17. The Labute approximate surface area is 205 Å². The Morgan fingerprint density at radius 1 is 1.00 bits per heavy atom. The lowest BCUT2D eigenvalue weighted by Gasteiger charge is -2.25. The van der Waals surface area contributed by atoms with Crippen LogP contribution in [0.5, 0.6) is 11.5 Å². The van der Waals surface area contributed by atoms with E-state index in [9.17, 15) is 13.2 Å². The van der Waals surface area contributed by atoms with Crippen LogP contribution >= 0.6 is 11.3 Å². The number of rotatable bonds is 10. The number of methoxy groups -OCH3 is 2. The van der Waals surface area contributed by atoms with Gasteiger partial charge in [0.2, 0.25) is 10.0 Å². The van der Waals surface area contributed by atoms with E-state index in [2.05, 4.69) is 10.3 Å². The zero-order valence-electron chi connectivity index (χ0n) is 20.3. The fourth-order valence-electron chi connectivity index (χ4n) is 3.50. The number of carbonyl (C=O) groups is 1. The first-order chi connectivity index (χ1) is 16.0. The van der Waals surface area contributed by atoms with Gasteiger partial charge >= 0.3 is 0 Å². The smallest absolute Gasteiger partial charge is 0.257 e. The lowest BCUT2D eigenvalue weighted by Crippen LogP contribution is -2.37. The minimum Gasteiger partial charge on any atom is -0.493 e. The third kappa shape index (κ3) is 5.86. The molecule has 184 valence electrons. The molecule has 0 saturated heterocycles. The number of ether oxygens (including phenoxy) is 2. The summed E-state index contributed by atoms with van der Waals surface area (Å²) in [5, 5.41) is 3.16. The van der Waals surface area contributed by atoms with E-state index in [1.165, 1.54) is 25.6 Å². The van der Waals surface area contributed by atoms with E-state index in [-0.39, 0.29) is 22.6 Å². The normalized spacial score (nSPS) is 12.0. The van der Waals surface area contributed by atoms with Gasteiger partial charge in [0, 0.05) is 18.7 Å². The summed E-state index contributed by atoms with van der Waals surface area (Å²) in [5.74, 6) is 1.03. The maximum absolute atomic E-state index is 13.3. The van der Waals surface area contributed by atoms with Crippen LogP contribution in [-0.2, 0) is 10.0 Å². The van der Waals surface area contributed by atoms with Gasteiger partial charge in [-0.05, 0) is 48.2 Å². The number of thiazole rings is 1. The Bertz CT molecular complexity index is 1260. The van der Waals surface area contributed by atoms with Gasteiger partial charge in [-0.15, -0.1) is 0 Å². The molecule has 0 unspecified atom stereocenters. The van der Waals surface area contributed by atoms with Crippen LogP contribution in [0.1, 0.15) is 38.1 Å². The third-order valence-electron chi connectivity index (χ3n) is 5.00. The summed E-state index contributed by atoms with van der Waals surface area (Å²) in [6.45, 7) is 8.91. The van der Waals surface area contributed by atoms with E-state index in [4.69, 9.17) is 9.47 Å². The molecule has 0 spiro atoms. The fraction of sp³-hybridized carbons (Fsp3) is 0.417. The van der Waals surface area contributed by atoms with E-state index < -0.39 is 10.0 Å². The number of aromatic nitrogens is 1. The molecular weight excluding hydrogens is 474 g/mol. The molecule has 0 bridgehead atoms. The van der Waals surface area contributed by atoms with Crippen molar-refractivity contribution in [2.75, 3.05) is 32.6 Å². The van der Waals surface area contributed by atoms with Crippen molar-refractivity contribution >= 4 is 42.6 Å². The first-order valence-electron chi connectivity index (χ1n) is 11.0. The van der Waals surface area contributed by atoms with Crippen molar-refractivity contribution in [3.8, 4) is 11.5 Å². The fourth-order valence-corrected chi connectivity index (χ4v) is 6.27. The predicted octanol–water partition coefficient (Wildman–Crippen LogP) is 4.87. The molecule has 0 aliphatic carbocycles. The van der Waals surface area contributed by atoms with Crippen LogP contribution in [0.4, 0.5) is 5.13 Å². The molecule has 0 fully saturated rings. The Morgan fingerprint density at radius 3 is 2.24 bits per heavy atom. The molecule has 0 radical (unpaired) electrons. The number of amides is 1. The van der Waals surface area contributed by atoms with Crippen LogP contribution in [0.3, 0.4) is 0 Å². The van der Waals surface area contributed by atoms with Crippen LogP contribution in [0.2, 0.25) is 0 Å². The quantitative estimate of drug-likeness (QED) is 0.422. The van der Waals surface area contributed by atoms with Gasteiger partial charge in [0.25, 0.3) is 5.91 Å². The van der Waals surface area contributed by atoms with E-state index in [1.807, 2.05) is 27.7 Å². The van der Waals surface area contributed by atoms with Crippen molar-refractivity contribution in [2.24, 2.45) is 11.8 Å². The van der Waals surface area contributed by atoms with Crippen LogP contribution in [-0.4, -0.2) is 50.9 Å². The molecular formula is C24H31N3O5S2. The second-order valence-electron chi connectivity index (χ2n) is 8.78. The highest BCUT2D eigenvalue weighted by Gasteiger charge is 2.26. The van der Waals surface area contributed by atoms with Crippen molar-refractivity contribution in [3.63, 3.8) is 0 Å². The summed E-state index contributed by atoms with van der Waals surface area (Å²) in [4.78, 5) is 17.4. The number of sulfonamides is 1. The van der Waals surface area contributed by atoms with Gasteiger partial charge in [0.05, 0.1) is 29.3 Å². The summed E-state index contributed by atoms with van der Waals surface area (Å²) in [6, 6.07) is 9.75. The van der Waals surface area contributed by atoms with E-state index >= 15 is 0 Å².